The summed E-state index contributed by atoms with van der Waals surface area (Å²) >= 11 is 9.53. The fourth-order valence-electron chi connectivity index (χ4n) is 1.66. The van der Waals surface area contributed by atoms with Crippen molar-refractivity contribution in [3.05, 3.63) is 68.7 Å². The third-order valence-corrected chi connectivity index (χ3v) is 3.91. The zero-order valence-corrected chi connectivity index (χ0v) is 11.7. The van der Waals surface area contributed by atoms with E-state index in [4.69, 9.17) is 11.6 Å². The lowest BCUT2D eigenvalue weighted by molar-refractivity contribution is 0.220. The minimum Gasteiger partial charge on any atom is -0.384 e. The molecule has 0 aliphatic heterocycles. The topological polar surface area (TPSA) is 20.2 Å². The molecule has 3 heteroatoms. The monoisotopic (exact) mass is 310 g/mol. The van der Waals surface area contributed by atoms with Crippen LogP contribution in [0.1, 0.15) is 22.8 Å². The number of hydrogen-bond acceptors (Lipinski definition) is 1. The standard InChI is InChI=1S/C14H12BrClO/c1-9-6-7-10(8-12(9)15)14(17)11-4-2-3-5-13(11)16/h2-8,14,17H,1H3. The van der Waals surface area contributed by atoms with Crippen LogP contribution >= 0.6 is 27.5 Å². The van der Waals surface area contributed by atoms with Crippen molar-refractivity contribution < 1.29 is 5.11 Å². The van der Waals surface area contributed by atoms with Crippen molar-refractivity contribution in [3.8, 4) is 0 Å². The summed E-state index contributed by atoms with van der Waals surface area (Å²) in [7, 11) is 0. The van der Waals surface area contributed by atoms with Crippen molar-refractivity contribution in [2.45, 2.75) is 13.0 Å². The zero-order valence-electron chi connectivity index (χ0n) is 9.32. The number of aliphatic hydroxyl groups excluding tert-OH is 1. The molecule has 2 rings (SSSR count). The van der Waals surface area contributed by atoms with E-state index < -0.39 is 6.10 Å². The van der Waals surface area contributed by atoms with Gasteiger partial charge in [0.25, 0.3) is 0 Å². The molecule has 1 N–H and O–H groups in total. The molecule has 1 nitrogen and oxygen atoms in total. The summed E-state index contributed by atoms with van der Waals surface area (Å²) in [5, 5.41) is 10.9. The Balaban J connectivity index is 2.40. The highest BCUT2D eigenvalue weighted by molar-refractivity contribution is 9.10. The molecule has 2 aromatic rings. The lowest BCUT2D eigenvalue weighted by Crippen LogP contribution is -2.00. The quantitative estimate of drug-likeness (QED) is 0.866. The minimum atomic E-state index is -0.694. The third-order valence-electron chi connectivity index (χ3n) is 2.71. The minimum absolute atomic E-state index is 0.580. The van der Waals surface area contributed by atoms with Crippen LogP contribution in [0, 0.1) is 6.92 Å². The Kier molecular flexibility index (Phi) is 3.87. The van der Waals surface area contributed by atoms with Crippen molar-refractivity contribution in [2.75, 3.05) is 0 Å². The summed E-state index contributed by atoms with van der Waals surface area (Å²) in [6, 6.07) is 13.1. The van der Waals surface area contributed by atoms with Gasteiger partial charge in [-0.05, 0) is 30.2 Å². The highest BCUT2D eigenvalue weighted by Crippen LogP contribution is 2.30. The molecule has 0 aliphatic carbocycles. The first-order valence-corrected chi connectivity index (χ1v) is 6.45. The van der Waals surface area contributed by atoms with Gasteiger partial charge in [0.05, 0.1) is 0 Å². The average Bonchev–Trinajstić information content (AvgIpc) is 2.32. The molecule has 17 heavy (non-hydrogen) atoms. The molecule has 0 aliphatic rings. The van der Waals surface area contributed by atoms with E-state index >= 15 is 0 Å². The van der Waals surface area contributed by atoms with Crippen molar-refractivity contribution in [3.63, 3.8) is 0 Å². The highest BCUT2D eigenvalue weighted by atomic mass is 79.9. The Bertz CT molecular complexity index is 539. The van der Waals surface area contributed by atoms with Gasteiger partial charge in [-0.1, -0.05) is 57.9 Å². The van der Waals surface area contributed by atoms with Crippen LogP contribution in [0.4, 0.5) is 0 Å². The predicted octanol–water partition coefficient (Wildman–Crippen LogP) is 4.49. The molecule has 0 saturated carbocycles. The summed E-state index contributed by atoms with van der Waals surface area (Å²) < 4.78 is 0.987. The molecule has 0 fully saturated rings. The molecule has 0 heterocycles. The normalized spacial score (nSPS) is 12.5. The first kappa shape index (κ1) is 12.6. The van der Waals surface area contributed by atoms with Gasteiger partial charge in [-0.3, -0.25) is 0 Å². The molecule has 88 valence electrons. The van der Waals surface area contributed by atoms with Crippen LogP contribution in [0.2, 0.25) is 5.02 Å². The maximum atomic E-state index is 10.3. The fourth-order valence-corrected chi connectivity index (χ4v) is 2.29. The second-order valence-corrected chi connectivity index (χ2v) is 5.19. The third kappa shape index (κ3) is 2.71. The summed E-state index contributed by atoms with van der Waals surface area (Å²) in [6.45, 7) is 2.01. The summed E-state index contributed by atoms with van der Waals surface area (Å²) in [5.41, 5.74) is 2.70. The van der Waals surface area contributed by atoms with Gasteiger partial charge in [0.1, 0.15) is 6.10 Å². The van der Waals surface area contributed by atoms with Gasteiger partial charge in [-0.25, -0.2) is 0 Å². The molecule has 0 spiro atoms. The predicted molar refractivity (Wildman–Crippen MR) is 74.4 cm³/mol. The SMILES string of the molecule is Cc1ccc(C(O)c2ccccc2Cl)cc1Br. The van der Waals surface area contributed by atoms with Crippen LogP contribution in [0.5, 0.6) is 0 Å². The molecule has 1 unspecified atom stereocenters. The van der Waals surface area contributed by atoms with E-state index in [9.17, 15) is 5.11 Å². The molecular weight excluding hydrogens is 300 g/mol. The second-order valence-electron chi connectivity index (χ2n) is 3.93. The van der Waals surface area contributed by atoms with Crippen LogP contribution in [0.25, 0.3) is 0 Å². The number of aryl methyl sites for hydroxylation is 1. The van der Waals surface area contributed by atoms with E-state index in [-0.39, 0.29) is 0 Å². The average molecular weight is 312 g/mol. The van der Waals surface area contributed by atoms with Gasteiger partial charge in [0, 0.05) is 15.1 Å². The number of hydrogen-bond donors (Lipinski definition) is 1. The van der Waals surface area contributed by atoms with Crippen LogP contribution in [-0.2, 0) is 0 Å². The van der Waals surface area contributed by atoms with Gasteiger partial charge in [-0.15, -0.1) is 0 Å². The number of halogens is 2. The van der Waals surface area contributed by atoms with Crippen LogP contribution in [0.15, 0.2) is 46.9 Å². The Morgan fingerprint density at radius 1 is 1.18 bits per heavy atom. The molecular formula is C14H12BrClO. The van der Waals surface area contributed by atoms with Crippen molar-refractivity contribution >= 4 is 27.5 Å². The number of benzene rings is 2. The first-order chi connectivity index (χ1) is 8.09. The number of rotatable bonds is 2. The van der Waals surface area contributed by atoms with Crippen LogP contribution < -0.4 is 0 Å². The lowest BCUT2D eigenvalue weighted by Gasteiger charge is -2.14. The maximum absolute atomic E-state index is 10.3. The molecule has 0 amide bonds. The van der Waals surface area contributed by atoms with Gasteiger partial charge in [0.2, 0.25) is 0 Å². The summed E-state index contributed by atoms with van der Waals surface area (Å²) in [6.07, 6.45) is -0.694. The van der Waals surface area contributed by atoms with Crippen molar-refractivity contribution in [2.24, 2.45) is 0 Å². The largest absolute Gasteiger partial charge is 0.384 e. The van der Waals surface area contributed by atoms with E-state index in [1.54, 1.807) is 6.07 Å². The Morgan fingerprint density at radius 3 is 2.53 bits per heavy atom. The zero-order chi connectivity index (χ0) is 12.4. The Hall–Kier alpha value is -0.830. The number of aliphatic hydroxyl groups is 1. The van der Waals surface area contributed by atoms with Crippen LogP contribution in [0.3, 0.4) is 0 Å². The van der Waals surface area contributed by atoms with E-state index in [0.29, 0.717) is 5.02 Å². The molecule has 0 aromatic heterocycles. The van der Waals surface area contributed by atoms with Gasteiger partial charge in [0.15, 0.2) is 0 Å². The second kappa shape index (κ2) is 5.21. The maximum Gasteiger partial charge on any atom is 0.106 e. The van der Waals surface area contributed by atoms with Crippen LogP contribution in [-0.4, -0.2) is 5.11 Å². The smallest absolute Gasteiger partial charge is 0.106 e. The Labute approximate surface area is 114 Å². The first-order valence-electron chi connectivity index (χ1n) is 5.28. The van der Waals surface area contributed by atoms with E-state index in [1.165, 1.54) is 0 Å². The van der Waals surface area contributed by atoms with E-state index in [2.05, 4.69) is 15.9 Å². The summed E-state index contributed by atoms with van der Waals surface area (Å²) in [5.74, 6) is 0. The van der Waals surface area contributed by atoms with Gasteiger partial charge >= 0.3 is 0 Å². The molecule has 0 bridgehead atoms. The van der Waals surface area contributed by atoms with E-state index in [0.717, 1.165) is 21.2 Å². The summed E-state index contributed by atoms with van der Waals surface area (Å²) in [4.78, 5) is 0. The highest BCUT2D eigenvalue weighted by Gasteiger charge is 2.13. The van der Waals surface area contributed by atoms with Gasteiger partial charge < -0.3 is 5.11 Å². The molecule has 2 aromatic carbocycles. The molecule has 1 atom stereocenters. The van der Waals surface area contributed by atoms with Crippen molar-refractivity contribution in [1.29, 1.82) is 0 Å². The molecule has 0 radical (unpaired) electrons. The molecule has 0 saturated heterocycles. The Morgan fingerprint density at radius 2 is 1.88 bits per heavy atom. The van der Waals surface area contributed by atoms with E-state index in [1.807, 2.05) is 43.3 Å². The van der Waals surface area contributed by atoms with Gasteiger partial charge in [-0.2, -0.15) is 0 Å². The lowest BCUT2D eigenvalue weighted by atomic mass is 10.0. The van der Waals surface area contributed by atoms with Crippen molar-refractivity contribution in [1.82, 2.24) is 0 Å². The fraction of sp³-hybridized carbons (Fsp3) is 0.143.